The third-order valence-corrected chi connectivity index (χ3v) is 12.4. The van der Waals surface area contributed by atoms with Gasteiger partial charge in [-0.1, -0.05) is 12.1 Å². The lowest BCUT2D eigenvalue weighted by Crippen LogP contribution is -2.66. The lowest BCUT2D eigenvalue weighted by Gasteiger charge is -2.59. The zero-order valence-corrected chi connectivity index (χ0v) is 27.0. The Labute approximate surface area is 280 Å². The number of carbonyl (C=O) groups is 5. The van der Waals surface area contributed by atoms with E-state index in [-0.39, 0.29) is 30.2 Å². The van der Waals surface area contributed by atoms with Gasteiger partial charge in [0.15, 0.2) is 5.58 Å². The maximum absolute atomic E-state index is 14.7. The van der Waals surface area contributed by atoms with Crippen molar-refractivity contribution in [1.82, 2.24) is 25.8 Å². The number of benzene rings is 1. The summed E-state index contributed by atoms with van der Waals surface area (Å²) in [5.74, 6) is -4.40. The van der Waals surface area contributed by atoms with Crippen molar-refractivity contribution in [1.29, 1.82) is 0 Å². The molecule has 0 unspecified atom stereocenters. The highest BCUT2D eigenvalue weighted by molar-refractivity contribution is 6.02. The SMILES string of the molecule is O=C1NCC[C@H]1C[C@H](NC(=O)[C@@H]1[C@H]2CC[C@H](C2)N1C(=O)[C@@H](NC(=O)C(F)(F)F)C12CC3CC(CC(C3)C1)C2)C(=O)c1nc2ccccc2o1. The summed E-state index contributed by atoms with van der Waals surface area (Å²) in [6, 6.07) is 2.80. The van der Waals surface area contributed by atoms with Crippen LogP contribution in [-0.4, -0.2) is 76.2 Å². The molecule has 1 aromatic carbocycles. The molecule has 49 heavy (non-hydrogen) atoms. The van der Waals surface area contributed by atoms with Gasteiger partial charge in [-0.2, -0.15) is 13.2 Å². The average molecular weight is 684 g/mol. The summed E-state index contributed by atoms with van der Waals surface area (Å²) in [5.41, 5.74) is 0.0312. The van der Waals surface area contributed by atoms with E-state index in [0.717, 1.165) is 19.3 Å². The predicted molar refractivity (Wildman–Crippen MR) is 166 cm³/mol. The Balaban J connectivity index is 1.09. The normalized spacial score (nSPS) is 34.2. The number of fused-ring (bicyclic) bond motifs is 3. The van der Waals surface area contributed by atoms with Crippen molar-refractivity contribution < 1.29 is 41.6 Å². The van der Waals surface area contributed by atoms with Gasteiger partial charge >= 0.3 is 12.1 Å². The number of para-hydroxylation sites is 2. The number of likely N-dealkylation sites (tertiary alicyclic amines) is 1. The van der Waals surface area contributed by atoms with Crippen LogP contribution in [0.15, 0.2) is 28.7 Å². The first-order valence-electron chi connectivity index (χ1n) is 17.6. The summed E-state index contributed by atoms with van der Waals surface area (Å²) < 4.78 is 46.9. The van der Waals surface area contributed by atoms with Crippen molar-refractivity contribution in [3.05, 3.63) is 30.2 Å². The van der Waals surface area contributed by atoms with E-state index in [2.05, 4.69) is 20.9 Å². The predicted octanol–water partition coefficient (Wildman–Crippen LogP) is 3.66. The van der Waals surface area contributed by atoms with Gasteiger partial charge in [-0.3, -0.25) is 24.0 Å². The minimum Gasteiger partial charge on any atom is -0.434 e. The van der Waals surface area contributed by atoms with Gasteiger partial charge in [-0.25, -0.2) is 4.98 Å². The summed E-state index contributed by atoms with van der Waals surface area (Å²) in [5, 5.41) is 7.73. The smallest absolute Gasteiger partial charge is 0.434 e. The monoisotopic (exact) mass is 683 g/mol. The van der Waals surface area contributed by atoms with E-state index in [4.69, 9.17) is 4.42 Å². The highest BCUT2D eigenvalue weighted by atomic mass is 19.4. The van der Waals surface area contributed by atoms with Crippen LogP contribution in [0.1, 0.15) is 81.3 Å². The average Bonchev–Trinajstić information content (AvgIpc) is 3.85. The van der Waals surface area contributed by atoms with E-state index in [1.807, 2.05) is 0 Å². The third-order valence-electron chi connectivity index (χ3n) is 12.4. The summed E-state index contributed by atoms with van der Waals surface area (Å²) in [4.78, 5) is 73.7. The van der Waals surface area contributed by atoms with Gasteiger partial charge in [0.2, 0.25) is 23.5 Å². The largest absolute Gasteiger partial charge is 0.471 e. The Morgan fingerprint density at radius 1 is 0.980 bits per heavy atom. The van der Waals surface area contributed by atoms with Gasteiger partial charge in [0.25, 0.3) is 5.89 Å². The highest BCUT2D eigenvalue weighted by Crippen LogP contribution is 2.62. The molecule has 7 aliphatic rings. The number of oxazole rings is 1. The molecule has 3 heterocycles. The second kappa shape index (κ2) is 11.8. The number of hydrogen-bond donors (Lipinski definition) is 3. The lowest BCUT2D eigenvalue weighted by atomic mass is 9.47. The van der Waals surface area contributed by atoms with E-state index in [1.165, 1.54) is 4.90 Å². The molecule has 5 saturated carbocycles. The maximum atomic E-state index is 14.7. The molecule has 6 bridgehead atoms. The van der Waals surface area contributed by atoms with Gasteiger partial charge in [-0.15, -0.1) is 0 Å². The molecule has 6 atom stereocenters. The number of nitrogens with zero attached hydrogens (tertiary/aromatic N) is 2. The van der Waals surface area contributed by atoms with Crippen molar-refractivity contribution >= 4 is 40.5 Å². The first kappa shape index (κ1) is 32.2. The van der Waals surface area contributed by atoms with Crippen LogP contribution in [0.2, 0.25) is 0 Å². The number of nitrogens with one attached hydrogen (secondary N) is 3. The summed E-state index contributed by atoms with van der Waals surface area (Å²) >= 11 is 0. The number of piperidine rings is 1. The van der Waals surface area contributed by atoms with Gasteiger partial charge in [0.1, 0.15) is 17.6 Å². The number of aromatic nitrogens is 1. The van der Waals surface area contributed by atoms with Crippen molar-refractivity contribution in [2.75, 3.05) is 6.54 Å². The van der Waals surface area contributed by atoms with Gasteiger partial charge in [-0.05, 0) is 106 Å². The van der Waals surface area contributed by atoms with E-state index in [1.54, 1.807) is 24.3 Å². The minimum atomic E-state index is -5.17. The third kappa shape index (κ3) is 5.68. The summed E-state index contributed by atoms with van der Waals surface area (Å²) in [6.45, 7) is 0.436. The number of halogens is 3. The zero-order chi connectivity index (χ0) is 34.2. The van der Waals surface area contributed by atoms with Crippen LogP contribution < -0.4 is 16.0 Å². The zero-order valence-electron chi connectivity index (χ0n) is 27.0. The van der Waals surface area contributed by atoms with Crippen molar-refractivity contribution in [2.45, 2.75) is 101 Å². The van der Waals surface area contributed by atoms with Crippen molar-refractivity contribution in [2.24, 2.45) is 35.0 Å². The van der Waals surface area contributed by atoms with Crippen LogP contribution in [0.5, 0.6) is 0 Å². The molecule has 2 saturated heterocycles. The van der Waals surface area contributed by atoms with Crippen LogP contribution in [0.4, 0.5) is 13.2 Å². The molecule has 1 aromatic heterocycles. The second-order valence-corrected chi connectivity index (χ2v) is 15.5. The molecular weight excluding hydrogens is 643 g/mol. The Morgan fingerprint density at radius 2 is 1.67 bits per heavy atom. The first-order chi connectivity index (χ1) is 23.4. The molecule has 11 nitrogen and oxygen atoms in total. The molecule has 9 rings (SSSR count). The number of ketones is 1. The summed E-state index contributed by atoms with van der Waals surface area (Å²) in [6.07, 6.45) is 1.67. The fourth-order valence-corrected chi connectivity index (χ4v) is 10.8. The van der Waals surface area contributed by atoms with E-state index in [9.17, 15) is 37.1 Å². The molecule has 14 heteroatoms. The molecule has 4 amide bonds. The summed E-state index contributed by atoms with van der Waals surface area (Å²) in [7, 11) is 0. The Kier molecular flexibility index (Phi) is 7.78. The Bertz CT molecular complexity index is 1640. The number of amides is 4. The van der Waals surface area contributed by atoms with Crippen LogP contribution in [-0.2, 0) is 19.2 Å². The topological polar surface area (TPSA) is 151 Å². The van der Waals surface area contributed by atoms with Crippen molar-refractivity contribution in [3.63, 3.8) is 0 Å². The number of hydrogen-bond acceptors (Lipinski definition) is 7. The number of Topliss-reactive ketones (excluding diaryl/α,β-unsaturated/α-hetero) is 1. The quantitative estimate of drug-likeness (QED) is 0.342. The molecule has 0 spiro atoms. The van der Waals surface area contributed by atoms with Crippen LogP contribution in [0.3, 0.4) is 0 Å². The lowest BCUT2D eigenvalue weighted by molar-refractivity contribution is -0.179. The molecule has 2 aliphatic heterocycles. The van der Waals surface area contributed by atoms with Crippen LogP contribution in [0.25, 0.3) is 11.1 Å². The van der Waals surface area contributed by atoms with Gasteiger partial charge in [0, 0.05) is 23.9 Å². The highest BCUT2D eigenvalue weighted by Gasteiger charge is 2.61. The molecular formula is C35H40F3N5O6. The van der Waals surface area contributed by atoms with Crippen LogP contribution in [0, 0.1) is 35.0 Å². The number of rotatable bonds is 9. The molecule has 262 valence electrons. The molecule has 0 radical (unpaired) electrons. The second-order valence-electron chi connectivity index (χ2n) is 15.5. The fraction of sp³-hybridized carbons (Fsp3) is 0.657. The molecule has 5 aliphatic carbocycles. The molecule has 7 fully saturated rings. The van der Waals surface area contributed by atoms with Crippen LogP contribution >= 0.6 is 0 Å². The van der Waals surface area contributed by atoms with Crippen molar-refractivity contribution in [3.8, 4) is 0 Å². The number of carbonyl (C=O) groups excluding carboxylic acids is 5. The Hall–Kier alpha value is -3.97. The molecule has 3 N–H and O–H groups in total. The molecule has 2 aromatic rings. The minimum absolute atomic E-state index is 0.0125. The first-order valence-corrected chi connectivity index (χ1v) is 17.6. The maximum Gasteiger partial charge on any atom is 0.471 e. The van der Waals surface area contributed by atoms with E-state index in [0.29, 0.717) is 80.3 Å². The van der Waals surface area contributed by atoms with E-state index < -0.39 is 59.1 Å². The van der Waals surface area contributed by atoms with E-state index >= 15 is 0 Å². The standard InChI is InChI=1S/C35H40F3N5O6/c36-35(37,38)33(48)42-28(34-14-17-9-18(15-34)11-19(10-17)16-34)32(47)43-22-6-5-20(12-22)26(43)30(46)40-24(13-21-7-8-39-29(21)45)27(44)31-41-23-3-1-2-4-25(23)49-31/h1-4,17-22,24,26,28H,5-16H2,(H,39,45)(H,40,46)(H,42,48)/t17?,18?,19?,20-,21-,22+,24-,26-,28+,34?/m0/s1. The van der Waals surface area contributed by atoms with Gasteiger partial charge in [0.05, 0.1) is 6.04 Å². The Morgan fingerprint density at radius 3 is 2.31 bits per heavy atom. The fourth-order valence-electron chi connectivity index (χ4n) is 10.8. The number of alkyl halides is 3. The van der Waals surface area contributed by atoms with Gasteiger partial charge < -0.3 is 25.3 Å².